The minimum absolute atomic E-state index is 0.00812. The van der Waals surface area contributed by atoms with Crippen LogP contribution in [0.1, 0.15) is 48.0 Å². The normalized spacial score (nSPS) is 12.5. The van der Waals surface area contributed by atoms with Crippen molar-refractivity contribution in [2.24, 2.45) is 0 Å². The van der Waals surface area contributed by atoms with Crippen LogP contribution in [-0.4, -0.2) is 54.5 Å². The topological polar surface area (TPSA) is 130 Å². The Labute approximate surface area is 234 Å². The number of carbonyl (C=O) groups excluding carboxylic acids is 2. The molecule has 0 aliphatic rings. The molecular weight excluding hydrogens is 554 g/mol. The molecule has 210 valence electrons. The van der Waals surface area contributed by atoms with Gasteiger partial charge in [0.2, 0.25) is 5.82 Å². The third kappa shape index (κ3) is 9.63. The highest BCUT2D eigenvalue weighted by Crippen LogP contribution is 2.31. The fourth-order valence-electron chi connectivity index (χ4n) is 3.17. The minimum atomic E-state index is -0.759. The van der Waals surface area contributed by atoms with E-state index in [0.29, 0.717) is 5.56 Å². The van der Waals surface area contributed by atoms with E-state index in [1.165, 1.54) is 23.1 Å². The summed E-state index contributed by atoms with van der Waals surface area (Å²) in [5.41, 5.74) is -1.02. The van der Waals surface area contributed by atoms with Crippen LogP contribution in [0.15, 0.2) is 30.5 Å². The van der Waals surface area contributed by atoms with Crippen LogP contribution in [0.4, 0.5) is 9.18 Å². The van der Waals surface area contributed by atoms with E-state index in [1.54, 1.807) is 47.6 Å². The third-order valence-corrected chi connectivity index (χ3v) is 5.08. The van der Waals surface area contributed by atoms with Crippen LogP contribution >= 0.6 is 23.2 Å². The summed E-state index contributed by atoms with van der Waals surface area (Å²) < 4.78 is 30.2. The molecule has 0 saturated carbocycles. The van der Waals surface area contributed by atoms with Crippen molar-refractivity contribution in [3.63, 3.8) is 0 Å². The number of pyridine rings is 1. The number of hydrogen-bond acceptors (Lipinski definition) is 9. The van der Waals surface area contributed by atoms with Crippen LogP contribution in [0.2, 0.25) is 10.0 Å². The first-order valence-corrected chi connectivity index (χ1v) is 12.6. The van der Waals surface area contributed by atoms with Gasteiger partial charge >= 0.3 is 12.1 Å². The Morgan fingerprint density at radius 2 is 1.77 bits per heavy atom. The van der Waals surface area contributed by atoms with Crippen molar-refractivity contribution in [3.8, 4) is 23.0 Å². The number of rotatable bonds is 8. The van der Waals surface area contributed by atoms with E-state index in [1.807, 2.05) is 0 Å². The number of nitrogens with zero attached hydrogens (tertiary/aromatic N) is 5. The maximum absolute atomic E-state index is 14.0. The van der Waals surface area contributed by atoms with Crippen molar-refractivity contribution >= 4 is 35.3 Å². The number of esters is 1. The molecule has 0 radical (unpaired) electrons. The Morgan fingerprint density at radius 3 is 2.38 bits per heavy atom. The van der Waals surface area contributed by atoms with Crippen molar-refractivity contribution in [2.75, 3.05) is 0 Å². The first-order valence-electron chi connectivity index (χ1n) is 11.9. The van der Waals surface area contributed by atoms with E-state index < -0.39 is 35.1 Å². The van der Waals surface area contributed by atoms with Crippen LogP contribution in [0.3, 0.4) is 0 Å². The number of amides is 1. The zero-order valence-electron chi connectivity index (χ0n) is 22.3. The summed E-state index contributed by atoms with van der Waals surface area (Å²) in [4.78, 5) is 29.9. The van der Waals surface area contributed by atoms with Crippen LogP contribution < -0.4 is 10.1 Å². The minimum Gasteiger partial charge on any atom is -0.460 e. The summed E-state index contributed by atoms with van der Waals surface area (Å²) in [5, 5.41) is 15.4. The van der Waals surface area contributed by atoms with Crippen molar-refractivity contribution in [2.45, 2.75) is 71.8 Å². The lowest BCUT2D eigenvalue weighted by molar-refractivity contribution is -0.155. The third-order valence-electron chi connectivity index (χ3n) is 4.56. The summed E-state index contributed by atoms with van der Waals surface area (Å²) in [6.45, 7) is 10.4. The van der Waals surface area contributed by atoms with E-state index in [0.717, 1.165) is 6.07 Å². The smallest absolute Gasteiger partial charge is 0.407 e. The van der Waals surface area contributed by atoms with Crippen molar-refractivity contribution in [3.05, 3.63) is 46.3 Å². The van der Waals surface area contributed by atoms with Gasteiger partial charge < -0.3 is 19.5 Å². The maximum atomic E-state index is 14.0. The molecule has 0 spiro atoms. The average Bonchev–Trinajstić information content (AvgIpc) is 3.21. The number of aromatic nitrogens is 5. The highest BCUT2D eigenvalue weighted by molar-refractivity contribution is 6.33. The zero-order chi connectivity index (χ0) is 29.0. The Hall–Kier alpha value is -3.51. The lowest BCUT2D eigenvalue weighted by atomic mass is 10.1. The monoisotopic (exact) mass is 582 g/mol. The number of tetrazole rings is 1. The number of carbonyl (C=O) groups is 2. The van der Waals surface area contributed by atoms with Gasteiger partial charge in [0.1, 0.15) is 17.0 Å². The van der Waals surface area contributed by atoms with Crippen LogP contribution in [0, 0.1) is 5.82 Å². The fourth-order valence-corrected chi connectivity index (χ4v) is 3.57. The van der Waals surface area contributed by atoms with Crippen LogP contribution in [-0.2, 0) is 20.8 Å². The molecule has 0 fully saturated rings. The molecule has 2 heterocycles. The molecule has 0 bridgehead atoms. The van der Waals surface area contributed by atoms with E-state index in [2.05, 4.69) is 25.7 Å². The zero-order valence-corrected chi connectivity index (χ0v) is 23.8. The summed E-state index contributed by atoms with van der Waals surface area (Å²) in [5.74, 6) is -1.11. The standard InChI is InChI=1S/C25H29Cl2FN6O5/c1-24(2,3)38-20(35)10-15(30-23(36)39-25(4,5)6)13-34-32-21(31-33-34)17-8-7-16(11-18(17)27)37-22-19(28)9-14(26)12-29-22/h7-9,11-12,15H,10,13H2,1-6H3,(H,30,36)/t15-/m0/s1. The van der Waals surface area contributed by atoms with Gasteiger partial charge in [-0.2, -0.15) is 4.80 Å². The Kier molecular flexibility index (Phi) is 9.34. The van der Waals surface area contributed by atoms with Crippen LogP contribution in [0.25, 0.3) is 11.4 Å². The van der Waals surface area contributed by atoms with E-state index in [-0.39, 0.29) is 40.5 Å². The predicted octanol–water partition coefficient (Wildman–Crippen LogP) is 5.60. The first kappa shape index (κ1) is 30.0. The molecule has 1 N–H and O–H groups in total. The van der Waals surface area contributed by atoms with E-state index in [4.69, 9.17) is 37.4 Å². The first-order chi connectivity index (χ1) is 18.1. The molecule has 0 saturated heterocycles. The van der Waals surface area contributed by atoms with Gasteiger partial charge in [-0.1, -0.05) is 23.2 Å². The van der Waals surface area contributed by atoms with Gasteiger partial charge in [0.25, 0.3) is 5.88 Å². The van der Waals surface area contributed by atoms with Gasteiger partial charge in [0.15, 0.2) is 5.82 Å². The van der Waals surface area contributed by atoms with Crippen molar-refractivity contribution < 1.29 is 28.2 Å². The summed E-state index contributed by atoms with van der Waals surface area (Å²) in [6, 6.07) is 4.87. The molecular formula is C25H29Cl2FN6O5. The number of halogens is 3. The van der Waals surface area contributed by atoms with E-state index in [9.17, 15) is 14.0 Å². The second-order valence-corrected chi connectivity index (χ2v) is 11.3. The predicted molar refractivity (Wildman–Crippen MR) is 141 cm³/mol. The lowest BCUT2D eigenvalue weighted by Crippen LogP contribution is -2.43. The highest BCUT2D eigenvalue weighted by atomic mass is 35.5. The Morgan fingerprint density at radius 1 is 1.08 bits per heavy atom. The second-order valence-electron chi connectivity index (χ2n) is 10.5. The number of benzene rings is 1. The summed E-state index contributed by atoms with van der Waals surface area (Å²) in [7, 11) is 0. The number of nitrogens with one attached hydrogen (secondary N) is 1. The summed E-state index contributed by atoms with van der Waals surface area (Å²) in [6.07, 6.45) is 0.392. The molecule has 1 atom stereocenters. The van der Waals surface area contributed by atoms with Gasteiger partial charge in [0, 0.05) is 17.8 Å². The molecule has 39 heavy (non-hydrogen) atoms. The van der Waals surface area contributed by atoms with Crippen LogP contribution in [0.5, 0.6) is 11.6 Å². The van der Waals surface area contributed by atoms with Gasteiger partial charge in [-0.3, -0.25) is 4.79 Å². The number of hydrogen-bond donors (Lipinski definition) is 1. The molecule has 14 heteroatoms. The molecule has 11 nitrogen and oxygen atoms in total. The SMILES string of the molecule is CC(C)(C)OC(=O)C[C@@H](Cn1nnc(-c2ccc(Oc3ncc(Cl)cc3F)cc2Cl)n1)NC(=O)OC(C)(C)C. The van der Waals surface area contributed by atoms with Crippen molar-refractivity contribution in [1.29, 1.82) is 0 Å². The Bertz CT molecular complexity index is 1310. The summed E-state index contributed by atoms with van der Waals surface area (Å²) >= 11 is 12.1. The molecule has 0 aliphatic heterocycles. The number of alkyl carbamates (subject to hydrolysis) is 1. The van der Waals surface area contributed by atoms with E-state index >= 15 is 0 Å². The lowest BCUT2D eigenvalue weighted by Gasteiger charge is -2.24. The fraction of sp³-hybridized carbons (Fsp3) is 0.440. The average molecular weight is 583 g/mol. The molecule has 0 aliphatic carbocycles. The second kappa shape index (κ2) is 12.1. The number of ether oxygens (including phenoxy) is 3. The molecule has 3 aromatic rings. The highest BCUT2D eigenvalue weighted by Gasteiger charge is 2.26. The maximum Gasteiger partial charge on any atom is 0.407 e. The van der Waals surface area contributed by atoms with Gasteiger partial charge in [-0.05, 0) is 65.0 Å². The Balaban J connectivity index is 1.75. The van der Waals surface area contributed by atoms with Gasteiger partial charge in [-0.15, -0.1) is 10.2 Å². The molecule has 1 aromatic carbocycles. The molecule has 3 rings (SSSR count). The van der Waals surface area contributed by atoms with Gasteiger partial charge in [0.05, 0.1) is 29.1 Å². The molecule has 0 unspecified atom stereocenters. The quantitative estimate of drug-likeness (QED) is 0.337. The molecule has 2 aromatic heterocycles. The van der Waals surface area contributed by atoms with Crippen molar-refractivity contribution in [1.82, 2.24) is 30.5 Å². The van der Waals surface area contributed by atoms with Gasteiger partial charge in [-0.25, -0.2) is 14.2 Å². The largest absolute Gasteiger partial charge is 0.460 e. The molecule has 1 amide bonds.